The summed E-state index contributed by atoms with van der Waals surface area (Å²) in [7, 11) is 3.95. The van der Waals surface area contributed by atoms with Crippen LogP contribution in [0, 0.1) is 0 Å². The molecule has 0 unspecified atom stereocenters. The van der Waals surface area contributed by atoms with Gasteiger partial charge in [-0.2, -0.15) is 0 Å². The Hall–Kier alpha value is -1.75. The lowest BCUT2D eigenvalue weighted by atomic mass is 10.2. The topological polar surface area (TPSA) is 48.9 Å². The first kappa shape index (κ1) is 19.3. The molecule has 0 aromatic heterocycles. The molecule has 0 aliphatic rings. The largest absolute Gasteiger partial charge is 0.382 e. The Morgan fingerprint density at radius 2 is 1.78 bits per heavy atom. The van der Waals surface area contributed by atoms with Crippen LogP contribution in [0.4, 0.5) is 5.69 Å². The predicted molar refractivity (Wildman–Crippen MR) is 99.4 cm³/mol. The Balaban J connectivity index is 2.06. The van der Waals surface area contributed by atoms with E-state index in [2.05, 4.69) is 51.8 Å². The maximum absolute atomic E-state index is 5.32. The van der Waals surface area contributed by atoms with Crippen molar-refractivity contribution in [1.82, 2.24) is 10.6 Å². The minimum Gasteiger partial charge on any atom is -0.382 e. The molecule has 1 aromatic rings. The Kier molecular flexibility index (Phi) is 10.7. The van der Waals surface area contributed by atoms with Crippen molar-refractivity contribution in [2.75, 3.05) is 51.8 Å². The molecule has 0 saturated heterocycles. The minimum absolute atomic E-state index is 0.782. The summed E-state index contributed by atoms with van der Waals surface area (Å²) in [4.78, 5) is 6.52. The summed E-state index contributed by atoms with van der Waals surface area (Å²) in [5.74, 6) is 0.873. The van der Waals surface area contributed by atoms with Gasteiger partial charge in [0.05, 0.1) is 0 Å². The van der Waals surface area contributed by atoms with Crippen molar-refractivity contribution < 1.29 is 4.74 Å². The van der Waals surface area contributed by atoms with Crippen LogP contribution in [0.1, 0.15) is 26.2 Å². The number of rotatable bonds is 11. The number of hydrogen-bond acceptors (Lipinski definition) is 3. The molecule has 1 rings (SSSR count). The van der Waals surface area contributed by atoms with Crippen molar-refractivity contribution in [2.24, 2.45) is 4.99 Å². The maximum atomic E-state index is 5.32. The Labute approximate surface area is 141 Å². The number of guanidine groups is 1. The third-order valence-corrected chi connectivity index (χ3v) is 3.60. The van der Waals surface area contributed by atoms with Crippen LogP contribution < -0.4 is 15.5 Å². The molecule has 23 heavy (non-hydrogen) atoms. The van der Waals surface area contributed by atoms with E-state index in [0.717, 1.165) is 58.1 Å². The van der Waals surface area contributed by atoms with Gasteiger partial charge in [0, 0.05) is 52.6 Å². The number of unbranched alkanes of at least 4 members (excludes halogenated alkanes) is 1. The van der Waals surface area contributed by atoms with E-state index in [-0.39, 0.29) is 0 Å². The Morgan fingerprint density at radius 3 is 2.43 bits per heavy atom. The van der Waals surface area contributed by atoms with Gasteiger partial charge in [-0.15, -0.1) is 0 Å². The molecule has 0 bridgehead atoms. The summed E-state index contributed by atoms with van der Waals surface area (Å²) in [6.45, 7) is 6.48. The molecule has 0 fully saturated rings. The highest BCUT2D eigenvalue weighted by Crippen LogP contribution is 2.11. The maximum Gasteiger partial charge on any atom is 0.190 e. The number of hydrogen-bond donors (Lipinski definition) is 2. The lowest BCUT2D eigenvalue weighted by Gasteiger charge is -2.19. The molecule has 5 heteroatoms. The molecule has 1 aromatic carbocycles. The van der Waals surface area contributed by atoms with E-state index >= 15 is 0 Å². The van der Waals surface area contributed by atoms with Gasteiger partial charge in [0.15, 0.2) is 5.96 Å². The van der Waals surface area contributed by atoms with Crippen LogP contribution in [-0.2, 0) is 4.74 Å². The van der Waals surface area contributed by atoms with Crippen molar-refractivity contribution in [3.05, 3.63) is 30.3 Å². The fourth-order valence-corrected chi connectivity index (χ4v) is 2.24. The van der Waals surface area contributed by atoms with Gasteiger partial charge in [-0.05, 0) is 38.3 Å². The molecule has 2 N–H and O–H groups in total. The molecule has 0 radical (unpaired) electrons. The van der Waals surface area contributed by atoms with E-state index in [4.69, 9.17) is 4.74 Å². The van der Waals surface area contributed by atoms with Crippen molar-refractivity contribution >= 4 is 11.6 Å². The highest BCUT2D eigenvalue weighted by molar-refractivity contribution is 5.79. The zero-order valence-corrected chi connectivity index (χ0v) is 14.8. The van der Waals surface area contributed by atoms with Gasteiger partial charge < -0.3 is 20.3 Å². The van der Waals surface area contributed by atoms with Gasteiger partial charge in [0.1, 0.15) is 0 Å². The van der Waals surface area contributed by atoms with Crippen molar-refractivity contribution in [2.45, 2.75) is 26.2 Å². The molecular weight excluding hydrogens is 288 g/mol. The molecule has 5 nitrogen and oxygen atoms in total. The second-order valence-electron chi connectivity index (χ2n) is 5.44. The van der Waals surface area contributed by atoms with E-state index in [1.807, 2.05) is 13.0 Å². The fourth-order valence-electron chi connectivity index (χ4n) is 2.24. The summed E-state index contributed by atoms with van der Waals surface area (Å²) in [6.07, 6.45) is 3.27. The van der Waals surface area contributed by atoms with Crippen LogP contribution >= 0.6 is 0 Å². The van der Waals surface area contributed by atoms with E-state index in [1.165, 1.54) is 5.69 Å². The number of aliphatic imine (C=N–C) groups is 1. The standard InChI is InChI=1S/C18H32N4O/c1-4-23-16-10-14-21-18(19-2)20-13-8-9-15-22(3)17-11-6-5-7-12-17/h5-7,11-12H,4,8-10,13-16H2,1-3H3,(H2,19,20,21). The summed E-state index contributed by atoms with van der Waals surface area (Å²) < 4.78 is 5.32. The van der Waals surface area contributed by atoms with Crippen LogP contribution in [0.3, 0.4) is 0 Å². The molecule has 130 valence electrons. The third-order valence-electron chi connectivity index (χ3n) is 3.60. The number of anilines is 1. The van der Waals surface area contributed by atoms with E-state index < -0.39 is 0 Å². The Morgan fingerprint density at radius 1 is 1.09 bits per heavy atom. The predicted octanol–water partition coefficient (Wildman–Crippen LogP) is 2.49. The molecule has 0 saturated carbocycles. The summed E-state index contributed by atoms with van der Waals surface area (Å²) >= 11 is 0. The third kappa shape index (κ3) is 9.08. The van der Waals surface area contributed by atoms with Crippen LogP contribution in [0.5, 0.6) is 0 Å². The number of nitrogens with zero attached hydrogens (tertiary/aromatic N) is 2. The summed E-state index contributed by atoms with van der Waals surface area (Å²) in [5.41, 5.74) is 1.27. The SMILES string of the molecule is CCOCCCNC(=NC)NCCCCN(C)c1ccccc1. The van der Waals surface area contributed by atoms with Crippen LogP contribution in [0.25, 0.3) is 0 Å². The number of ether oxygens (including phenoxy) is 1. The van der Waals surface area contributed by atoms with Gasteiger partial charge in [0.25, 0.3) is 0 Å². The van der Waals surface area contributed by atoms with Gasteiger partial charge >= 0.3 is 0 Å². The zero-order chi connectivity index (χ0) is 16.8. The normalized spacial score (nSPS) is 11.3. The molecule has 0 amide bonds. The number of nitrogens with one attached hydrogen (secondary N) is 2. The highest BCUT2D eigenvalue weighted by atomic mass is 16.5. The molecule has 0 atom stereocenters. The molecule has 0 aliphatic heterocycles. The quantitative estimate of drug-likeness (QED) is 0.374. The van der Waals surface area contributed by atoms with E-state index in [0.29, 0.717) is 0 Å². The van der Waals surface area contributed by atoms with Crippen LogP contribution in [0.2, 0.25) is 0 Å². The fraction of sp³-hybridized carbons (Fsp3) is 0.611. The van der Waals surface area contributed by atoms with Gasteiger partial charge in [-0.3, -0.25) is 4.99 Å². The second-order valence-corrected chi connectivity index (χ2v) is 5.44. The zero-order valence-electron chi connectivity index (χ0n) is 14.8. The average molecular weight is 320 g/mol. The molecular formula is C18H32N4O. The van der Waals surface area contributed by atoms with Crippen molar-refractivity contribution in [3.8, 4) is 0 Å². The van der Waals surface area contributed by atoms with Crippen molar-refractivity contribution in [3.63, 3.8) is 0 Å². The lowest BCUT2D eigenvalue weighted by molar-refractivity contribution is 0.145. The van der Waals surface area contributed by atoms with Gasteiger partial charge in [-0.25, -0.2) is 0 Å². The monoisotopic (exact) mass is 320 g/mol. The van der Waals surface area contributed by atoms with Crippen LogP contribution in [0.15, 0.2) is 35.3 Å². The van der Waals surface area contributed by atoms with E-state index in [1.54, 1.807) is 7.05 Å². The first-order valence-electron chi connectivity index (χ1n) is 8.56. The average Bonchev–Trinajstić information content (AvgIpc) is 2.60. The number of benzene rings is 1. The smallest absolute Gasteiger partial charge is 0.190 e. The van der Waals surface area contributed by atoms with Crippen molar-refractivity contribution in [1.29, 1.82) is 0 Å². The van der Waals surface area contributed by atoms with Crippen LogP contribution in [-0.4, -0.2) is 52.9 Å². The lowest BCUT2D eigenvalue weighted by Crippen LogP contribution is -2.38. The van der Waals surface area contributed by atoms with Gasteiger partial charge in [0.2, 0.25) is 0 Å². The van der Waals surface area contributed by atoms with E-state index in [9.17, 15) is 0 Å². The highest BCUT2D eigenvalue weighted by Gasteiger charge is 2.00. The molecule has 0 aliphatic carbocycles. The summed E-state index contributed by atoms with van der Waals surface area (Å²) in [5, 5.41) is 6.66. The minimum atomic E-state index is 0.782. The Bertz CT molecular complexity index is 422. The number of para-hydroxylation sites is 1. The van der Waals surface area contributed by atoms with Gasteiger partial charge in [-0.1, -0.05) is 18.2 Å². The molecule has 0 spiro atoms. The first-order chi connectivity index (χ1) is 11.3. The second kappa shape index (κ2) is 12.8. The summed E-state index contributed by atoms with van der Waals surface area (Å²) in [6, 6.07) is 10.5. The molecule has 0 heterocycles. The first-order valence-corrected chi connectivity index (χ1v) is 8.56.